The molecule has 0 aliphatic rings. The second-order valence-electron chi connectivity index (χ2n) is 5.12. The number of nitrogens with one attached hydrogen (secondary N) is 1. The molecular formula is C15H24N2O3. The SMILES string of the molecule is CCCNC(C)(CN(C)c1ccc(OC)cc1)C(=O)O. The first-order valence-corrected chi connectivity index (χ1v) is 6.76. The van der Waals surface area contributed by atoms with Gasteiger partial charge in [0, 0.05) is 19.3 Å². The van der Waals surface area contributed by atoms with Gasteiger partial charge < -0.3 is 20.1 Å². The molecule has 0 saturated carbocycles. The third-order valence-electron chi connectivity index (χ3n) is 3.30. The summed E-state index contributed by atoms with van der Waals surface area (Å²) in [7, 11) is 3.51. The summed E-state index contributed by atoms with van der Waals surface area (Å²) >= 11 is 0. The second-order valence-corrected chi connectivity index (χ2v) is 5.12. The van der Waals surface area contributed by atoms with E-state index in [1.807, 2.05) is 43.1 Å². The Morgan fingerprint density at radius 1 is 1.40 bits per heavy atom. The number of likely N-dealkylation sites (N-methyl/N-ethyl adjacent to an activating group) is 1. The molecule has 112 valence electrons. The van der Waals surface area contributed by atoms with Crippen molar-refractivity contribution in [3.63, 3.8) is 0 Å². The fourth-order valence-electron chi connectivity index (χ4n) is 2.00. The Balaban J connectivity index is 2.78. The van der Waals surface area contributed by atoms with Gasteiger partial charge in [-0.1, -0.05) is 6.92 Å². The molecular weight excluding hydrogens is 256 g/mol. The van der Waals surface area contributed by atoms with Crippen LogP contribution in [0.25, 0.3) is 0 Å². The molecule has 1 unspecified atom stereocenters. The maximum atomic E-state index is 11.5. The molecule has 20 heavy (non-hydrogen) atoms. The number of ether oxygens (including phenoxy) is 1. The van der Waals surface area contributed by atoms with Crippen molar-refractivity contribution in [3.05, 3.63) is 24.3 Å². The molecule has 1 atom stereocenters. The van der Waals surface area contributed by atoms with Crippen molar-refractivity contribution < 1.29 is 14.6 Å². The number of carbonyl (C=O) groups is 1. The summed E-state index contributed by atoms with van der Waals surface area (Å²) in [4.78, 5) is 13.4. The van der Waals surface area contributed by atoms with E-state index in [1.54, 1.807) is 14.0 Å². The molecule has 0 aliphatic heterocycles. The van der Waals surface area contributed by atoms with Gasteiger partial charge in [-0.3, -0.25) is 4.79 Å². The van der Waals surface area contributed by atoms with Gasteiger partial charge in [0.2, 0.25) is 0 Å². The molecule has 0 aliphatic carbocycles. The van der Waals surface area contributed by atoms with Gasteiger partial charge >= 0.3 is 5.97 Å². The first-order valence-electron chi connectivity index (χ1n) is 6.76. The molecule has 1 rings (SSSR count). The van der Waals surface area contributed by atoms with Crippen LogP contribution in [0, 0.1) is 0 Å². The van der Waals surface area contributed by atoms with E-state index in [4.69, 9.17) is 4.74 Å². The fraction of sp³-hybridized carbons (Fsp3) is 0.533. The van der Waals surface area contributed by atoms with Gasteiger partial charge in [0.15, 0.2) is 0 Å². The molecule has 5 heteroatoms. The second kappa shape index (κ2) is 7.14. The average Bonchev–Trinajstić information content (AvgIpc) is 2.45. The number of anilines is 1. The number of methoxy groups -OCH3 is 1. The van der Waals surface area contributed by atoms with Crippen LogP contribution in [-0.2, 0) is 4.79 Å². The minimum atomic E-state index is -0.968. The molecule has 0 amide bonds. The Bertz CT molecular complexity index is 433. The van der Waals surface area contributed by atoms with Crippen LogP contribution in [0.3, 0.4) is 0 Å². The quantitative estimate of drug-likeness (QED) is 0.762. The van der Waals surface area contributed by atoms with E-state index < -0.39 is 11.5 Å². The first-order chi connectivity index (χ1) is 9.42. The largest absolute Gasteiger partial charge is 0.497 e. The smallest absolute Gasteiger partial charge is 0.325 e. The first kappa shape index (κ1) is 16.3. The van der Waals surface area contributed by atoms with Gasteiger partial charge in [0.1, 0.15) is 11.3 Å². The maximum Gasteiger partial charge on any atom is 0.325 e. The Kier molecular flexibility index (Phi) is 5.82. The Morgan fingerprint density at radius 2 is 2.00 bits per heavy atom. The van der Waals surface area contributed by atoms with E-state index in [1.165, 1.54) is 0 Å². The van der Waals surface area contributed by atoms with Gasteiger partial charge in [-0.05, 0) is 44.2 Å². The molecule has 0 saturated heterocycles. The van der Waals surface area contributed by atoms with E-state index >= 15 is 0 Å². The zero-order valence-electron chi connectivity index (χ0n) is 12.6. The van der Waals surface area contributed by atoms with Gasteiger partial charge in [0.05, 0.1) is 7.11 Å². The van der Waals surface area contributed by atoms with Crippen LogP contribution in [0.1, 0.15) is 20.3 Å². The van der Waals surface area contributed by atoms with Crippen molar-refractivity contribution in [2.24, 2.45) is 0 Å². The van der Waals surface area contributed by atoms with Gasteiger partial charge in [-0.15, -0.1) is 0 Å². The summed E-state index contributed by atoms with van der Waals surface area (Å²) < 4.78 is 5.12. The minimum Gasteiger partial charge on any atom is -0.497 e. The number of rotatable bonds is 8. The molecule has 0 aromatic heterocycles. The predicted molar refractivity (Wildman–Crippen MR) is 80.6 cm³/mol. The van der Waals surface area contributed by atoms with E-state index in [9.17, 15) is 9.90 Å². The van der Waals surface area contributed by atoms with Crippen LogP contribution in [0.2, 0.25) is 0 Å². The van der Waals surface area contributed by atoms with E-state index in [-0.39, 0.29) is 0 Å². The van der Waals surface area contributed by atoms with Crippen molar-refractivity contribution in [3.8, 4) is 5.75 Å². The van der Waals surface area contributed by atoms with Crippen LogP contribution in [0.4, 0.5) is 5.69 Å². The van der Waals surface area contributed by atoms with Gasteiger partial charge in [-0.2, -0.15) is 0 Å². The van der Waals surface area contributed by atoms with Crippen LogP contribution >= 0.6 is 0 Å². The minimum absolute atomic E-state index is 0.384. The van der Waals surface area contributed by atoms with Crippen LogP contribution in [0.15, 0.2) is 24.3 Å². The third kappa shape index (κ3) is 4.13. The summed E-state index contributed by atoms with van der Waals surface area (Å²) in [6.07, 6.45) is 0.898. The highest BCUT2D eigenvalue weighted by atomic mass is 16.5. The van der Waals surface area contributed by atoms with Crippen molar-refractivity contribution in [1.29, 1.82) is 0 Å². The molecule has 1 aromatic rings. The number of hydrogen-bond donors (Lipinski definition) is 2. The lowest BCUT2D eigenvalue weighted by molar-refractivity contribution is -0.143. The summed E-state index contributed by atoms with van der Waals surface area (Å²) in [5.41, 5.74) is -0.0124. The molecule has 1 aromatic carbocycles. The Hall–Kier alpha value is -1.75. The van der Waals surface area contributed by atoms with Gasteiger partial charge in [0.25, 0.3) is 0 Å². The fourth-order valence-corrected chi connectivity index (χ4v) is 2.00. The molecule has 0 radical (unpaired) electrons. The molecule has 0 bridgehead atoms. The number of benzene rings is 1. The molecule has 5 nitrogen and oxygen atoms in total. The maximum absolute atomic E-state index is 11.5. The monoisotopic (exact) mass is 280 g/mol. The molecule has 2 N–H and O–H groups in total. The number of aliphatic carboxylic acids is 1. The number of carboxylic acids is 1. The van der Waals surface area contributed by atoms with Crippen molar-refractivity contribution in [2.45, 2.75) is 25.8 Å². The normalized spacial score (nSPS) is 13.6. The average molecular weight is 280 g/mol. The van der Waals surface area contributed by atoms with Crippen LogP contribution in [0.5, 0.6) is 5.75 Å². The molecule has 0 heterocycles. The van der Waals surface area contributed by atoms with Crippen molar-refractivity contribution in [1.82, 2.24) is 5.32 Å². The zero-order valence-corrected chi connectivity index (χ0v) is 12.6. The van der Waals surface area contributed by atoms with Crippen LogP contribution < -0.4 is 15.0 Å². The summed E-state index contributed by atoms with van der Waals surface area (Å²) in [6, 6.07) is 7.56. The van der Waals surface area contributed by atoms with Crippen molar-refractivity contribution >= 4 is 11.7 Å². The lowest BCUT2D eigenvalue weighted by Crippen LogP contribution is -2.56. The molecule has 0 fully saturated rings. The topological polar surface area (TPSA) is 61.8 Å². The van der Waals surface area contributed by atoms with Crippen molar-refractivity contribution in [2.75, 3.05) is 32.1 Å². The highest BCUT2D eigenvalue weighted by Gasteiger charge is 2.33. The number of carboxylic acid groups (broad SMARTS) is 1. The predicted octanol–water partition coefficient (Wildman–Crippen LogP) is 1.97. The Labute approximate surface area is 120 Å². The third-order valence-corrected chi connectivity index (χ3v) is 3.30. The Morgan fingerprint density at radius 3 is 2.45 bits per heavy atom. The summed E-state index contributed by atoms with van der Waals surface area (Å²) in [5, 5.41) is 12.5. The zero-order chi connectivity index (χ0) is 15.2. The highest BCUT2D eigenvalue weighted by Crippen LogP contribution is 2.20. The summed E-state index contributed by atoms with van der Waals surface area (Å²) in [6.45, 7) is 4.79. The van der Waals surface area contributed by atoms with E-state index in [0.717, 1.165) is 17.9 Å². The lowest BCUT2D eigenvalue weighted by atomic mass is 10.0. The lowest BCUT2D eigenvalue weighted by Gasteiger charge is -2.32. The summed E-state index contributed by atoms with van der Waals surface area (Å²) in [5.74, 6) is -0.0569. The van der Waals surface area contributed by atoms with Crippen LogP contribution in [-0.4, -0.2) is 43.9 Å². The number of nitrogens with zero attached hydrogens (tertiary/aromatic N) is 1. The molecule has 0 spiro atoms. The van der Waals surface area contributed by atoms with Gasteiger partial charge in [-0.25, -0.2) is 0 Å². The van der Waals surface area contributed by atoms with E-state index in [2.05, 4.69) is 5.32 Å². The number of hydrogen-bond acceptors (Lipinski definition) is 4. The standard InChI is InChI=1S/C15H24N2O3/c1-5-10-16-15(2,14(18)19)11-17(3)12-6-8-13(20-4)9-7-12/h6-9,16H,5,10-11H2,1-4H3,(H,18,19). The highest BCUT2D eigenvalue weighted by molar-refractivity contribution is 5.79. The van der Waals surface area contributed by atoms with E-state index in [0.29, 0.717) is 13.1 Å².